The van der Waals surface area contributed by atoms with E-state index in [1.165, 1.54) is 57.1 Å². The van der Waals surface area contributed by atoms with Crippen LogP contribution in [0, 0.1) is 11.6 Å². The third-order valence-corrected chi connectivity index (χ3v) is 19.8. The van der Waals surface area contributed by atoms with Gasteiger partial charge in [0.2, 0.25) is 31.8 Å². The number of aliphatic hydroxyl groups is 2. The number of halogens is 3. The van der Waals surface area contributed by atoms with E-state index in [1.807, 2.05) is 82.3 Å². The van der Waals surface area contributed by atoms with Crippen molar-refractivity contribution in [3.8, 4) is 56.7 Å². The number of benzene rings is 6. The molecule has 20 nitrogen and oxygen atoms in total. The average molecular weight is 1430 g/mol. The van der Waals surface area contributed by atoms with Crippen molar-refractivity contribution in [3.05, 3.63) is 185 Å². The number of ketones is 2. The monoisotopic (exact) mass is 1430 g/mol. The molecule has 0 unspecified atom stereocenters. The highest BCUT2D eigenvalue weighted by atomic mass is 79.9. The van der Waals surface area contributed by atoms with Crippen LogP contribution < -0.4 is 14.1 Å². The first kappa shape index (κ1) is 70.1. The number of anilines is 2. The molecule has 0 saturated carbocycles. The van der Waals surface area contributed by atoms with Gasteiger partial charge in [0.25, 0.3) is 0 Å². The first-order valence-electron chi connectivity index (χ1n) is 31.3. The molecule has 1 aliphatic rings. The predicted octanol–water partition coefficient (Wildman–Crippen LogP) is 14.8. The van der Waals surface area contributed by atoms with Crippen molar-refractivity contribution in [3.63, 3.8) is 0 Å². The minimum atomic E-state index is -3.82. The average Bonchev–Trinajstić information content (AvgIpc) is 1.55. The minimum absolute atomic E-state index is 0.0105. The van der Waals surface area contributed by atoms with E-state index >= 15 is 0 Å². The molecule has 98 heavy (non-hydrogen) atoms. The predicted molar refractivity (Wildman–Crippen MR) is 377 cm³/mol. The van der Waals surface area contributed by atoms with Gasteiger partial charge in [0.05, 0.1) is 46.2 Å². The van der Waals surface area contributed by atoms with Crippen LogP contribution in [0.15, 0.2) is 180 Å². The molecule has 0 radical (unpaired) electrons. The number of aliphatic hydroxyl groups excluding tert-OH is 2. The maximum Gasteiger partial charge on any atom is 0.494 e. The Morgan fingerprint density at radius 1 is 0.531 bits per heavy atom. The summed E-state index contributed by atoms with van der Waals surface area (Å²) in [7, 11) is -7.84. The number of Topliss-reactive ketones (excluding diaryl/α,β-unsaturated/α-hetero) is 2. The van der Waals surface area contributed by atoms with Crippen molar-refractivity contribution < 1.29 is 72.4 Å². The second kappa shape index (κ2) is 28.7. The Morgan fingerprint density at radius 2 is 0.969 bits per heavy atom. The van der Waals surface area contributed by atoms with E-state index in [0.717, 1.165) is 23.5 Å². The Bertz CT molecular complexity index is 5110. The molecule has 26 heteroatoms. The normalized spacial score (nSPS) is 13.6. The molecule has 0 atom stereocenters. The Labute approximate surface area is 572 Å². The van der Waals surface area contributed by atoms with Gasteiger partial charge in [0.15, 0.2) is 34.0 Å². The van der Waals surface area contributed by atoms with Gasteiger partial charge in [-0.05, 0) is 177 Å². The van der Waals surface area contributed by atoms with Crippen LogP contribution in [0.1, 0.15) is 87.9 Å². The zero-order valence-electron chi connectivity index (χ0n) is 54.7. The van der Waals surface area contributed by atoms with Gasteiger partial charge in [0, 0.05) is 107 Å². The van der Waals surface area contributed by atoms with Crippen LogP contribution in [0.2, 0.25) is 0 Å². The molecule has 0 amide bonds. The van der Waals surface area contributed by atoms with Crippen LogP contribution in [-0.2, 0) is 29.4 Å². The summed E-state index contributed by atoms with van der Waals surface area (Å²) in [5.41, 5.74) is 8.14. The van der Waals surface area contributed by atoms with E-state index in [1.54, 1.807) is 68.7 Å². The first-order chi connectivity index (χ1) is 46.7. The van der Waals surface area contributed by atoms with Gasteiger partial charge >= 0.3 is 7.12 Å². The minimum Gasteiger partial charge on any atom is -0.455 e. The molecular formula is C72H68BBrF2N6O14S2. The molecule has 1 fully saturated rings. The Morgan fingerprint density at radius 3 is 1.43 bits per heavy atom. The van der Waals surface area contributed by atoms with Crippen molar-refractivity contribution in [2.24, 2.45) is 0 Å². The fourth-order valence-corrected chi connectivity index (χ4v) is 13.8. The highest BCUT2D eigenvalue weighted by Crippen LogP contribution is 2.45. The van der Waals surface area contributed by atoms with E-state index in [2.05, 4.69) is 35.9 Å². The van der Waals surface area contributed by atoms with Crippen LogP contribution in [-0.4, -0.2) is 116 Å². The number of rotatable bonds is 20. The number of fused-ring (bicyclic) bond motifs is 4. The number of nitrogens with zero attached hydrogens (tertiary/aromatic N) is 6. The van der Waals surface area contributed by atoms with Crippen molar-refractivity contribution in [1.82, 2.24) is 19.9 Å². The number of carbonyl (C=O) groups excluding carboxylic acids is 2. The summed E-state index contributed by atoms with van der Waals surface area (Å²) in [6.07, 6.45) is 6.39. The van der Waals surface area contributed by atoms with Gasteiger partial charge in [-0.2, -0.15) is 9.97 Å². The van der Waals surface area contributed by atoms with Crippen molar-refractivity contribution >= 4 is 116 Å². The van der Waals surface area contributed by atoms with Crippen LogP contribution in [0.4, 0.5) is 20.2 Å². The van der Waals surface area contributed by atoms with Crippen LogP contribution in [0.5, 0.6) is 0 Å². The van der Waals surface area contributed by atoms with Gasteiger partial charge in [-0.25, -0.2) is 35.6 Å². The number of carbonyl (C=O) groups is 2. The number of sulfonamides is 2. The van der Waals surface area contributed by atoms with Gasteiger partial charge in [0.1, 0.15) is 34.3 Å². The molecule has 1 aliphatic heterocycles. The highest BCUT2D eigenvalue weighted by molar-refractivity contribution is 9.10. The third kappa shape index (κ3) is 14.8. The van der Waals surface area contributed by atoms with E-state index in [-0.39, 0.29) is 80.5 Å². The van der Waals surface area contributed by atoms with Gasteiger partial charge in [-0.3, -0.25) is 18.2 Å². The van der Waals surface area contributed by atoms with Crippen LogP contribution >= 0.6 is 15.9 Å². The Kier molecular flexibility index (Phi) is 20.5. The standard InChI is InChI=1S/C33H28FN3O6S.C21H21BrFNO5S.C18H19BN2O3/c1-3-27(39)30-25-18-24(21-7-4-8-22(17-21)33-36-32-28(43-33)9-5-14-35-32)26(37(15-6-16-38)44(2,40)41)19-29(25)42-31(30)20-10-12-23(34)13-11-20;1-3-18(26)20-15-11-16(22)17(24(9-4-10-25)30(2,27)28)12-19(15)29-21(20)13-5-7-14(23)8-6-13;1-17(2)18(3,4)24-19(23-17)13-8-5-7-12(11-13)16-21-15-14(22-16)9-6-10-20-15/h4-5,7-14,17-19,38H,3,6,15-16H2,1-2H3;5-8,11-12,25H,3-4,9-10H2,1-2H3;5-11H,1-4H3. The molecule has 12 aromatic rings. The van der Waals surface area contributed by atoms with Gasteiger partial charge < -0.3 is 37.2 Å². The zero-order chi connectivity index (χ0) is 70.0. The molecule has 0 spiro atoms. The van der Waals surface area contributed by atoms with Crippen molar-refractivity contribution in [2.75, 3.05) is 47.4 Å². The lowest BCUT2D eigenvalue weighted by Crippen LogP contribution is -2.41. The molecule has 506 valence electrons. The second-order valence-electron chi connectivity index (χ2n) is 24.2. The van der Waals surface area contributed by atoms with E-state index in [0.29, 0.717) is 117 Å². The topological polar surface area (TPSA) is 272 Å². The summed E-state index contributed by atoms with van der Waals surface area (Å²) in [6, 6.07) is 40.2. The molecule has 1 saturated heterocycles. The number of pyridine rings is 2. The van der Waals surface area contributed by atoms with E-state index in [4.69, 9.17) is 32.1 Å². The third-order valence-electron chi connectivity index (χ3n) is 16.8. The Balaban J connectivity index is 0.000000157. The molecule has 6 aromatic heterocycles. The zero-order valence-corrected chi connectivity index (χ0v) is 57.9. The SMILES string of the molecule is CC1(C)OB(c2cccc(-c3nc4ncccc4o3)c2)OC1(C)C.CCC(=O)c1c(-c2ccc(F)cc2)oc2cc(N(CCCO)S(C)(=O)=O)c(-c3cccc(-c4nc5ncccc5o4)c3)cc12.CCC(=O)c1c(-c2ccc(F)cc2)oc2cc(N(CCCO)S(C)(=O)=O)c(Br)cc12. The lowest BCUT2D eigenvalue weighted by atomic mass is 9.78. The summed E-state index contributed by atoms with van der Waals surface area (Å²) in [5, 5.41) is 19.7. The highest BCUT2D eigenvalue weighted by Gasteiger charge is 2.52. The van der Waals surface area contributed by atoms with Gasteiger partial charge in [-0.1, -0.05) is 38.1 Å². The molecular weight excluding hydrogens is 1370 g/mol. The van der Waals surface area contributed by atoms with E-state index < -0.39 is 38.8 Å². The van der Waals surface area contributed by atoms with Crippen LogP contribution in [0.3, 0.4) is 0 Å². The van der Waals surface area contributed by atoms with Crippen molar-refractivity contribution in [2.45, 2.75) is 78.4 Å². The Hall–Kier alpha value is -9.28. The molecule has 0 bridgehead atoms. The second-order valence-corrected chi connectivity index (χ2v) is 28.8. The number of furan rings is 2. The lowest BCUT2D eigenvalue weighted by Gasteiger charge is -2.32. The lowest BCUT2D eigenvalue weighted by molar-refractivity contribution is 0.00578. The largest absolute Gasteiger partial charge is 0.494 e. The van der Waals surface area contributed by atoms with Crippen LogP contribution in [0.25, 0.3) is 101 Å². The first-order valence-corrected chi connectivity index (χ1v) is 35.8. The quantitative estimate of drug-likeness (QED) is 0.0530. The summed E-state index contributed by atoms with van der Waals surface area (Å²) < 4.78 is 117. The molecule has 2 N–H and O–H groups in total. The maximum absolute atomic E-state index is 13.8. The number of hydrogen-bond donors (Lipinski definition) is 2. The number of aromatic nitrogens is 4. The fraction of sp³-hybridized carbons (Fsp3) is 0.250. The molecule has 6 aromatic carbocycles. The molecule has 0 aliphatic carbocycles. The summed E-state index contributed by atoms with van der Waals surface area (Å²) in [5.74, 6) is 0.291. The maximum atomic E-state index is 13.8. The van der Waals surface area contributed by atoms with Crippen molar-refractivity contribution in [1.29, 1.82) is 0 Å². The number of oxazole rings is 2. The smallest absolute Gasteiger partial charge is 0.455 e. The van der Waals surface area contributed by atoms with Gasteiger partial charge in [-0.15, -0.1) is 0 Å². The van der Waals surface area contributed by atoms with E-state index in [9.17, 15) is 40.3 Å². The fourth-order valence-electron chi connectivity index (χ4n) is 11.1. The summed E-state index contributed by atoms with van der Waals surface area (Å²) >= 11 is 3.41. The summed E-state index contributed by atoms with van der Waals surface area (Å²) in [6.45, 7) is 11.4. The molecule has 13 rings (SSSR count). The molecule has 7 heterocycles. The number of hydrogen-bond acceptors (Lipinski definition) is 18. The summed E-state index contributed by atoms with van der Waals surface area (Å²) in [4.78, 5) is 43.4.